The molecule has 0 aliphatic heterocycles. The standard InChI is InChI=1S/C19H15ClF3NO7.C15H22ClNO2.C9H16ClN5/c1-3-29-17(25)10(2)30-18(26)13-9-12(5-6-15(13)24(27)28)31-16-7-4-11(8-14(16)20)19(21,22)23;1-5-13-8-6-7-11(2)15(13)17(14(18)9-16)12(3)10-19-4;1-5-11-7-12-6(10)13-8(14-7)15-9(2,3)4/h4-10H,3H2,1-2H3;6-8,12H,5,9-10H2,1-4H3;5H2,1-4H3,(H2,11,12,13,14,15). The number of rotatable bonds is 16. The number of halogens is 6. The normalized spacial score (nSPS) is 11.9. The number of methoxy groups -OCH3 is 1. The quantitative estimate of drug-likeness (QED) is 0.0465. The van der Waals surface area contributed by atoms with Crippen LogP contribution in [0.1, 0.15) is 82.4 Å². The molecule has 3 aromatic carbocycles. The van der Waals surface area contributed by atoms with Gasteiger partial charge >= 0.3 is 18.1 Å². The van der Waals surface area contributed by atoms with E-state index < -0.39 is 46.0 Å². The Morgan fingerprint density at radius 2 is 1.62 bits per heavy atom. The lowest BCUT2D eigenvalue weighted by atomic mass is 10.0. The van der Waals surface area contributed by atoms with Gasteiger partial charge in [-0.2, -0.15) is 28.1 Å². The Morgan fingerprint density at radius 3 is 2.15 bits per heavy atom. The van der Waals surface area contributed by atoms with Gasteiger partial charge in [-0.3, -0.25) is 14.9 Å². The largest absolute Gasteiger partial charge is 0.463 e. The third-order valence-corrected chi connectivity index (χ3v) is 9.07. The van der Waals surface area contributed by atoms with Gasteiger partial charge in [-0.15, -0.1) is 11.6 Å². The van der Waals surface area contributed by atoms with Gasteiger partial charge in [-0.25, -0.2) is 9.59 Å². The zero-order valence-corrected chi connectivity index (χ0v) is 39.8. The fraction of sp³-hybridized carbons (Fsp3) is 0.442. The molecule has 0 bridgehead atoms. The molecule has 1 aromatic heterocycles. The molecule has 16 nitrogen and oxygen atoms in total. The van der Waals surface area contributed by atoms with Crippen molar-refractivity contribution < 1.29 is 51.4 Å². The van der Waals surface area contributed by atoms with E-state index in [-0.39, 0.29) is 51.8 Å². The molecule has 4 rings (SSSR count). The molecule has 356 valence electrons. The molecule has 0 saturated heterocycles. The molecule has 2 N–H and O–H groups in total. The first-order valence-corrected chi connectivity index (χ1v) is 21.3. The van der Waals surface area contributed by atoms with E-state index in [4.69, 9.17) is 53.8 Å². The molecule has 1 amide bonds. The minimum atomic E-state index is -4.61. The molecular formula is C43H53Cl3F3N7O9. The molecular weight excluding hydrogens is 922 g/mol. The van der Waals surface area contributed by atoms with Crippen LogP contribution in [-0.4, -0.2) is 88.2 Å². The number of hydrogen-bond acceptors (Lipinski definition) is 14. The maximum Gasteiger partial charge on any atom is 0.416 e. The fourth-order valence-electron chi connectivity index (χ4n) is 5.62. The smallest absolute Gasteiger partial charge is 0.416 e. The second kappa shape index (κ2) is 25.8. The van der Waals surface area contributed by atoms with Gasteiger partial charge in [0.05, 0.1) is 40.5 Å². The Labute approximate surface area is 390 Å². The lowest BCUT2D eigenvalue weighted by Gasteiger charge is -2.31. The van der Waals surface area contributed by atoms with Crippen LogP contribution in [0.3, 0.4) is 0 Å². The predicted octanol–water partition coefficient (Wildman–Crippen LogP) is 10.5. The second-order valence-corrected chi connectivity index (χ2v) is 15.8. The van der Waals surface area contributed by atoms with Crippen LogP contribution in [0.25, 0.3) is 0 Å². The van der Waals surface area contributed by atoms with Crippen LogP contribution in [-0.2, 0) is 36.4 Å². The van der Waals surface area contributed by atoms with E-state index in [0.717, 1.165) is 60.1 Å². The van der Waals surface area contributed by atoms with Crippen LogP contribution in [0.2, 0.25) is 10.3 Å². The van der Waals surface area contributed by atoms with Gasteiger partial charge in [0, 0.05) is 31.3 Å². The Kier molecular flexibility index (Phi) is 22.1. The van der Waals surface area contributed by atoms with Crippen molar-refractivity contribution in [2.75, 3.05) is 48.3 Å². The van der Waals surface area contributed by atoms with Gasteiger partial charge in [0.1, 0.15) is 22.9 Å². The van der Waals surface area contributed by atoms with E-state index in [0.29, 0.717) is 24.6 Å². The van der Waals surface area contributed by atoms with Crippen molar-refractivity contribution >= 4 is 75.9 Å². The summed E-state index contributed by atoms with van der Waals surface area (Å²) in [4.78, 5) is 60.5. The van der Waals surface area contributed by atoms with Gasteiger partial charge in [-0.05, 0) is 109 Å². The number of benzene rings is 3. The Bertz CT molecular complexity index is 2250. The van der Waals surface area contributed by atoms with Gasteiger partial charge in [0.2, 0.25) is 23.1 Å². The molecule has 0 saturated carbocycles. The number of aryl methyl sites for hydroxylation is 2. The fourth-order valence-corrected chi connectivity index (χ4v) is 6.13. The lowest BCUT2D eigenvalue weighted by Crippen LogP contribution is -2.43. The average molecular weight is 975 g/mol. The molecule has 4 aromatic rings. The van der Waals surface area contributed by atoms with Crippen LogP contribution in [0.4, 0.5) is 36.4 Å². The Morgan fingerprint density at radius 1 is 0.954 bits per heavy atom. The summed E-state index contributed by atoms with van der Waals surface area (Å²) in [6.45, 7) is 18.2. The topological polar surface area (TPSA) is 197 Å². The summed E-state index contributed by atoms with van der Waals surface area (Å²) in [6, 6.07) is 11.4. The van der Waals surface area contributed by atoms with Crippen molar-refractivity contribution in [1.29, 1.82) is 0 Å². The molecule has 0 aliphatic carbocycles. The number of carbonyl (C=O) groups excluding carboxylic acids is 3. The van der Waals surface area contributed by atoms with E-state index >= 15 is 0 Å². The minimum absolute atomic E-state index is 0.0223. The van der Waals surface area contributed by atoms with Crippen molar-refractivity contribution in [3.05, 3.63) is 97.3 Å². The third-order valence-electron chi connectivity index (χ3n) is 8.38. The molecule has 1 heterocycles. The summed E-state index contributed by atoms with van der Waals surface area (Å²) in [5.74, 6) is -1.49. The summed E-state index contributed by atoms with van der Waals surface area (Å²) in [5.41, 5.74) is 0.940. The van der Waals surface area contributed by atoms with Gasteiger partial charge in [0.15, 0.2) is 6.10 Å². The van der Waals surface area contributed by atoms with Crippen LogP contribution in [0.15, 0.2) is 54.6 Å². The number of alkyl halides is 4. The van der Waals surface area contributed by atoms with E-state index in [1.165, 1.54) is 6.92 Å². The number of nitrogens with zero attached hydrogens (tertiary/aromatic N) is 5. The van der Waals surface area contributed by atoms with Gasteiger partial charge in [0.25, 0.3) is 5.69 Å². The summed E-state index contributed by atoms with van der Waals surface area (Å²) >= 11 is 17.4. The van der Waals surface area contributed by atoms with Crippen molar-refractivity contribution in [2.24, 2.45) is 0 Å². The number of anilines is 3. The van der Waals surface area contributed by atoms with Crippen LogP contribution >= 0.6 is 34.8 Å². The lowest BCUT2D eigenvalue weighted by molar-refractivity contribution is -0.385. The highest BCUT2D eigenvalue weighted by atomic mass is 35.5. The van der Waals surface area contributed by atoms with Crippen molar-refractivity contribution in [3.8, 4) is 11.5 Å². The van der Waals surface area contributed by atoms with Crippen molar-refractivity contribution in [1.82, 2.24) is 15.0 Å². The van der Waals surface area contributed by atoms with Gasteiger partial charge < -0.3 is 34.5 Å². The molecule has 65 heavy (non-hydrogen) atoms. The minimum Gasteiger partial charge on any atom is -0.463 e. The third kappa shape index (κ3) is 17.8. The van der Waals surface area contributed by atoms with E-state index in [1.807, 2.05) is 53.7 Å². The molecule has 2 unspecified atom stereocenters. The predicted molar refractivity (Wildman–Crippen MR) is 244 cm³/mol. The number of ether oxygens (including phenoxy) is 4. The number of nitro benzene ring substituents is 1. The number of nitro groups is 1. The second-order valence-electron chi connectivity index (χ2n) is 14.8. The first kappa shape index (κ1) is 55.6. The van der Waals surface area contributed by atoms with Crippen molar-refractivity contribution in [3.63, 3.8) is 0 Å². The Hall–Kier alpha value is -5.50. The number of para-hydroxylation sites is 1. The van der Waals surface area contributed by atoms with Crippen LogP contribution in [0.5, 0.6) is 11.5 Å². The number of nitrogens with one attached hydrogen (secondary N) is 2. The Balaban J connectivity index is 0.000000364. The maximum atomic E-state index is 12.8. The number of carbonyl (C=O) groups is 3. The zero-order chi connectivity index (χ0) is 49.2. The monoisotopic (exact) mass is 973 g/mol. The number of amides is 1. The number of aromatic nitrogens is 3. The molecule has 0 spiro atoms. The summed E-state index contributed by atoms with van der Waals surface area (Å²) in [6.07, 6.45) is -5.06. The molecule has 22 heteroatoms. The van der Waals surface area contributed by atoms with E-state index in [1.54, 1.807) is 18.9 Å². The average Bonchev–Trinajstić information content (AvgIpc) is 3.21. The van der Waals surface area contributed by atoms with E-state index in [2.05, 4.69) is 38.6 Å². The zero-order valence-electron chi connectivity index (χ0n) is 37.6. The maximum absolute atomic E-state index is 12.8. The molecule has 2 atom stereocenters. The van der Waals surface area contributed by atoms with Crippen molar-refractivity contribution in [2.45, 2.75) is 92.6 Å². The highest BCUT2D eigenvalue weighted by Gasteiger charge is 2.32. The highest BCUT2D eigenvalue weighted by Crippen LogP contribution is 2.37. The molecule has 0 fully saturated rings. The first-order valence-electron chi connectivity index (χ1n) is 20.0. The first-order chi connectivity index (χ1) is 30.4. The van der Waals surface area contributed by atoms with Crippen LogP contribution < -0.4 is 20.3 Å². The molecule has 0 aliphatic rings. The summed E-state index contributed by atoms with van der Waals surface area (Å²) < 4.78 is 58.4. The summed E-state index contributed by atoms with van der Waals surface area (Å²) in [7, 11) is 1.64. The van der Waals surface area contributed by atoms with Crippen LogP contribution in [0, 0.1) is 17.0 Å². The SMILES string of the molecule is CCNc1nc(Cl)nc(NC(C)(C)C)n1.CCOC(=O)C(C)OC(=O)c1cc(Oc2ccc(C(F)(F)F)cc2Cl)ccc1[N+](=O)[O-].CCc1cccc(C)c1N(C(=O)CCl)C(C)COC. The van der Waals surface area contributed by atoms with Gasteiger partial charge in [-0.1, -0.05) is 36.7 Å². The highest BCUT2D eigenvalue weighted by molar-refractivity contribution is 6.32. The number of esters is 2. The van der Waals surface area contributed by atoms with E-state index in [9.17, 15) is 37.7 Å². The number of hydrogen-bond donors (Lipinski definition) is 2. The summed E-state index contributed by atoms with van der Waals surface area (Å²) in [5, 5.41) is 17.2. The molecule has 0 radical (unpaired) electrons.